The predicted molar refractivity (Wildman–Crippen MR) is 78.3 cm³/mol. The van der Waals surface area contributed by atoms with Gasteiger partial charge in [-0.3, -0.25) is 5.41 Å². The molecule has 0 spiro atoms. The SMILES string of the molecule is CC(C)(CNS(=O)(=O)c1ccc2c(c1)OCCO2)C(=N)N. The Kier molecular flexibility index (Phi) is 4.11. The second-order valence-corrected chi connectivity index (χ2v) is 7.19. The van der Waals surface area contributed by atoms with Crippen molar-refractivity contribution < 1.29 is 17.9 Å². The van der Waals surface area contributed by atoms with Crippen LogP contribution in [0.3, 0.4) is 0 Å². The lowest BCUT2D eigenvalue weighted by Gasteiger charge is -2.23. The molecule has 0 amide bonds. The molecular formula is C13H19N3O4S. The summed E-state index contributed by atoms with van der Waals surface area (Å²) in [7, 11) is -3.70. The average Bonchev–Trinajstić information content (AvgIpc) is 2.45. The maximum absolute atomic E-state index is 12.3. The van der Waals surface area contributed by atoms with Gasteiger partial charge in [-0.05, 0) is 12.1 Å². The number of nitrogens with one attached hydrogen (secondary N) is 2. The van der Waals surface area contributed by atoms with Crippen molar-refractivity contribution >= 4 is 15.9 Å². The molecule has 2 rings (SSSR count). The predicted octanol–water partition coefficient (Wildman–Crippen LogP) is 0.698. The van der Waals surface area contributed by atoms with Crippen LogP contribution in [0.2, 0.25) is 0 Å². The number of amidine groups is 1. The largest absolute Gasteiger partial charge is 0.486 e. The summed E-state index contributed by atoms with van der Waals surface area (Å²) in [6.45, 7) is 4.27. The fraction of sp³-hybridized carbons (Fsp3) is 0.462. The lowest BCUT2D eigenvalue weighted by molar-refractivity contribution is 0.171. The molecule has 4 N–H and O–H groups in total. The summed E-state index contributed by atoms with van der Waals surface area (Å²) in [6, 6.07) is 4.45. The van der Waals surface area contributed by atoms with Crippen molar-refractivity contribution in [3.05, 3.63) is 18.2 Å². The Hall–Kier alpha value is -1.80. The highest BCUT2D eigenvalue weighted by molar-refractivity contribution is 7.89. The normalized spacial score (nSPS) is 14.8. The minimum atomic E-state index is -3.70. The van der Waals surface area contributed by atoms with Crippen LogP contribution in [-0.2, 0) is 10.0 Å². The van der Waals surface area contributed by atoms with E-state index < -0.39 is 15.4 Å². The second-order valence-electron chi connectivity index (χ2n) is 5.43. The smallest absolute Gasteiger partial charge is 0.240 e. The number of hydrogen-bond acceptors (Lipinski definition) is 5. The molecular weight excluding hydrogens is 294 g/mol. The van der Waals surface area contributed by atoms with E-state index in [-0.39, 0.29) is 17.3 Å². The Morgan fingerprint density at radius 3 is 2.57 bits per heavy atom. The Morgan fingerprint density at radius 1 is 1.33 bits per heavy atom. The van der Waals surface area contributed by atoms with Crippen LogP contribution in [0.25, 0.3) is 0 Å². The van der Waals surface area contributed by atoms with Crippen molar-refractivity contribution in [2.75, 3.05) is 19.8 Å². The molecule has 0 fully saturated rings. The summed E-state index contributed by atoms with van der Waals surface area (Å²) in [5.41, 5.74) is 4.69. The fourth-order valence-corrected chi connectivity index (χ4v) is 2.87. The molecule has 0 unspecified atom stereocenters. The summed E-state index contributed by atoms with van der Waals surface area (Å²) in [5.74, 6) is 0.867. The van der Waals surface area contributed by atoms with Crippen LogP contribution in [0.5, 0.6) is 11.5 Å². The zero-order valence-electron chi connectivity index (χ0n) is 12.0. The zero-order chi connectivity index (χ0) is 15.7. The van der Waals surface area contributed by atoms with Gasteiger partial charge in [0.2, 0.25) is 10.0 Å². The van der Waals surface area contributed by atoms with Gasteiger partial charge >= 0.3 is 0 Å². The Bertz CT molecular complexity index is 655. The molecule has 21 heavy (non-hydrogen) atoms. The van der Waals surface area contributed by atoms with Crippen molar-refractivity contribution in [2.45, 2.75) is 18.7 Å². The van der Waals surface area contributed by atoms with Crippen molar-refractivity contribution in [1.82, 2.24) is 4.72 Å². The molecule has 1 aliphatic heterocycles. The first kappa shape index (κ1) is 15.6. The summed E-state index contributed by atoms with van der Waals surface area (Å²) in [4.78, 5) is 0.0890. The third-order valence-electron chi connectivity index (χ3n) is 3.26. The molecule has 1 aliphatic rings. The average molecular weight is 313 g/mol. The van der Waals surface area contributed by atoms with E-state index in [1.54, 1.807) is 19.9 Å². The summed E-state index contributed by atoms with van der Waals surface area (Å²) >= 11 is 0. The van der Waals surface area contributed by atoms with E-state index >= 15 is 0 Å². The number of sulfonamides is 1. The summed E-state index contributed by atoms with van der Waals surface area (Å²) in [6.07, 6.45) is 0. The number of rotatable bonds is 5. The molecule has 8 heteroatoms. The Morgan fingerprint density at radius 2 is 1.95 bits per heavy atom. The van der Waals surface area contributed by atoms with Crippen LogP contribution < -0.4 is 19.9 Å². The highest BCUT2D eigenvalue weighted by atomic mass is 32.2. The quantitative estimate of drug-likeness (QED) is 0.547. The van der Waals surface area contributed by atoms with E-state index in [1.807, 2.05) is 0 Å². The summed E-state index contributed by atoms with van der Waals surface area (Å²) < 4.78 is 37.7. The molecule has 1 heterocycles. The van der Waals surface area contributed by atoms with Gasteiger partial charge in [0.1, 0.15) is 13.2 Å². The number of fused-ring (bicyclic) bond motifs is 1. The minimum absolute atomic E-state index is 0.0408. The number of hydrogen-bond donors (Lipinski definition) is 3. The van der Waals surface area contributed by atoms with Gasteiger partial charge in [0.15, 0.2) is 11.5 Å². The topological polar surface area (TPSA) is 115 Å². The Balaban J connectivity index is 2.18. The van der Waals surface area contributed by atoms with E-state index in [0.29, 0.717) is 24.7 Å². The van der Waals surface area contributed by atoms with Crippen LogP contribution in [0.1, 0.15) is 13.8 Å². The van der Waals surface area contributed by atoms with Gasteiger partial charge in [-0.15, -0.1) is 0 Å². The highest BCUT2D eigenvalue weighted by Crippen LogP contribution is 2.32. The van der Waals surface area contributed by atoms with Crippen LogP contribution in [0, 0.1) is 10.8 Å². The minimum Gasteiger partial charge on any atom is -0.486 e. The van der Waals surface area contributed by atoms with E-state index in [4.69, 9.17) is 20.6 Å². The monoisotopic (exact) mass is 313 g/mol. The van der Waals surface area contributed by atoms with E-state index in [0.717, 1.165) is 0 Å². The van der Waals surface area contributed by atoms with Crippen LogP contribution in [0.15, 0.2) is 23.1 Å². The first-order valence-corrected chi connectivity index (χ1v) is 7.94. The standard InChI is InChI=1S/C13H19N3O4S/c1-13(2,12(14)15)8-16-21(17,18)9-3-4-10-11(7-9)20-6-5-19-10/h3-4,7,16H,5-6,8H2,1-2H3,(H3,14,15). The maximum atomic E-state index is 12.3. The van der Waals surface area contributed by atoms with E-state index in [2.05, 4.69) is 4.72 Å². The van der Waals surface area contributed by atoms with Crippen molar-refractivity contribution in [3.63, 3.8) is 0 Å². The maximum Gasteiger partial charge on any atom is 0.240 e. The number of ether oxygens (including phenoxy) is 2. The zero-order valence-corrected chi connectivity index (χ0v) is 12.8. The van der Waals surface area contributed by atoms with Crippen LogP contribution in [-0.4, -0.2) is 34.0 Å². The van der Waals surface area contributed by atoms with Gasteiger partial charge in [-0.2, -0.15) is 0 Å². The molecule has 116 valence electrons. The van der Waals surface area contributed by atoms with Gasteiger partial charge in [-0.1, -0.05) is 13.8 Å². The van der Waals surface area contributed by atoms with Gasteiger partial charge in [0.25, 0.3) is 0 Å². The van der Waals surface area contributed by atoms with Crippen molar-refractivity contribution in [3.8, 4) is 11.5 Å². The van der Waals surface area contributed by atoms with Crippen molar-refractivity contribution in [2.24, 2.45) is 11.1 Å². The fourth-order valence-electron chi connectivity index (χ4n) is 1.64. The number of benzene rings is 1. The second kappa shape index (κ2) is 5.53. The highest BCUT2D eigenvalue weighted by Gasteiger charge is 2.26. The molecule has 0 atom stereocenters. The molecule has 1 aromatic carbocycles. The molecule has 0 saturated heterocycles. The first-order valence-electron chi connectivity index (χ1n) is 6.46. The van der Waals surface area contributed by atoms with Crippen LogP contribution in [0.4, 0.5) is 0 Å². The number of nitrogens with two attached hydrogens (primary N) is 1. The lowest BCUT2D eigenvalue weighted by atomic mass is 9.93. The van der Waals surface area contributed by atoms with Gasteiger partial charge in [0.05, 0.1) is 10.7 Å². The molecule has 0 aromatic heterocycles. The lowest BCUT2D eigenvalue weighted by Crippen LogP contribution is -2.42. The third kappa shape index (κ3) is 3.45. The third-order valence-corrected chi connectivity index (χ3v) is 4.66. The van der Waals surface area contributed by atoms with E-state index in [1.165, 1.54) is 12.1 Å². The van der Waals surface area contributed by atoms with Crippen LogP contribution >= 0.6 is 0 Å². The molecule has 0 radical (unpaired) electrons. The molecule has 1 aromatic rings. The molecule has 0 bridgehead atoms. The molecule has 7 nitrogen and oxygen atoms in total. The van der Waals surface area contributed by atoms with E-state index in [9.17, 15) is 8.42 Å². The summed E-state index contributed by atoms with van der Waals surface area (Å²) in [5, 5.41) is 7.44. The van der Waals surface area contributed by atoms with Gasteiger partial charge in [-0.25, -0.2) is 13.1 Å². The Labute approximate surface area is 124 Å². The van der Waals surface area contributed by atoms with Gasteiger partial charge in [0, 0.05) is 18.0 Å². The molecule has 0 aliphatic carbocycles. The van der Waals surface area contributed by atoms with Crippen molar-refractivity contribution in [1.29, 1.82) is 5.41 Å². The first-order chi connectivity index (χ1) is 9.72. The van der Waals surface area contributed by atoms with Gasteiger partial charge < -0.3 is 15.2 Å². The molecule has 0 saturated carbocycles.